The van der Waals surface area contributed by atoms with Crippen molar-refractivity contribution < 1.29 is 4.52 Å². The van der Waals surface area contributed by atoms with Gasteiger partial charge in [0.05, 0.1) is 0 Å². The van der Waals surface area contributed by atoms with Crippen LogP contribution in [0.4, 0.5) is 0 Å². The van der Waals surface area contributed by atoms with E-state index in [1.807, 2.05) is 43.6 Å². The highest BCUT2D eigenvalue weighted by Crippen LogP contribution is 2.27. The van der Waals surface area contributed by atoms with Crippen molar-refractivity contribution in [1.82, 2.24) is 19.7 Å². The summed E-state index contributed by atoms with van der Waals surface area (Å²) in [6, 6.07) is 8.04. The molecule has 23 heavy (non-hydrogen) atoms. The molecule has 0 unspecified atom stereocenters. The Bertz CT molecular complexity index is 793. The summed E-state index contributed by atoms with van der Waals surface area (Å²) in [6.45, 7) is 10.5. The van der Waals surface area contributed by atoms with Gasteiger partial charge in [0.2, 0.25) is 11.7 Å². The lowest BCUT2D eigenvalue weighted by atomic mass is 9.95. The molecule has 3 rings (SSSR count). The lowest BCUT2D eigenvalue weighted by Gasteiger charge is -2.22. The Morgan fingerprint density at radius 1 is 1.13 bits per heavy atom. The third-order valence-electron chi connectivity index (χ3n) is 3.87. The maximum Gasteiger partial charge on any atom is 0.249 e. The van der Waals surface area contributed by atoms with Gasteiger partial charge in [0, 0.05) is 23.4 Å². The van der Waals surface area contributed by atoms with Crippen molar-refractivity contribution in [3.63, 3.8) is 0 Å². The molecule has 0 saturated carbocycles. The number of hydrogen-bond acceptors (Lipinski definition) is 4. The summed E-state index contributed by atoms with van der Waals surface area (Å²) in [5.74, 6) is 2.20. The topological polar surface area (TPSA) is 56.7 Å². The van der Waals surface area contributed by atoms with Gasteiger partial charge >= 0.3 is 0 Å². The van der Waals surface area contributed by atoms with Crippen molar-refractivity contribution in [2.24, 2.45) is 0 Å². The van der Waals surface area contributed by atoms with E-state index >= 15 is 0 Å². The van der Waals surface area contributed by atoms with Crippen LogP contribution in [0.3, 0.4) is 0 Å². The summed E-state index contributed by atoms with van der Waals surface area (Å²) in [5, 5.41) is 4.12. The fourth-order valence-electron chi connectivity index (χ4n) is 2.55. The molecule has 3 aromatic rings. The van der Waals surface area contributed by atoms with Crippen LogP contribution in [0.1, 0.15) is 51.0 Å². The molecule has 0 amide bonds. The highest BCUT2D eigenvalue weighted by Gasteiger charge is 2.25. The molecule has 120 valence electrons. The van der Waals surface area contributed by atoms with Gasteiger partial charge in [-0.3, -0.25) is 0 Å². The summed E-state index contributed by atoms with van der Waals surface area (Å²) in [6.07, 6.45) is 3.77. The Kier molecular flexibility index (Phi) is 3.80. The van der Waals surface area contributed by atoms with Crippen molar-refractivity contribution >= 4 is 0 Å². The quantitative estimate of drug-likeness (QED) is 0.729. The molecule has 1 atom stereocenters. The maximum atomic E-state index is 5.49. The van der Waals surface area contributed by atoms with Crippen molar-refractivity contribution in [3.8, 4) is 11.4 Å². The average Bonchev–Trinajstić information content (AvgIpc) is 3.16. The van der Waals surface area contributed by atoms with Crippen molar-refractivity contribution in [2.75, 3.05) is 0 Å². The van der Waals surface area contributed by atoms with Crippen LogP contribution in [-0.4, -0.2) is 19.7 Å². The minimum atomic E-state index is -0.0570. The number of aryl methyl sites for hydroxylation is 1. The summed E-state index contributed by atoms with van der Waals surface area (Å²) in [5.41, 5.74) is 2.12. The fourth-order valence-corrected chi connectivity index (χ4v) is 2.55. The number of rotatable bonds is 3. The van der Waals surface area contributed by atoms with Gasteiger partial charge in [-0.1, -0.05) is 55.8 Å². The van der Waals surface area contributed by atoms with E-state index in [-0.39, 0.29) is 11.5 Å². The van der Waals surface area contributed by atoms with Gasteiger partial charge in [-0.2, -0.15) is 4.98 Å². The van der Waals surface area contributed by atoms with Gasteiger partial charge in [-0.25, -0.2) is 4.98 Å². The maximum absolute atomic E-state index is 5.49. The zero-order chi connectivity index (χ0) is 16.6. The van der Waals surface area contributed by atoms with E-state index in [1.165, 1.54) is 5.56 Å². The van der Waals surface area contributed by atoms with Crippen LogP contribution in [0.2, 0.25) is 0 Å². The van der Waals surface area contributed by atoms with Gasteiger partial charge in [0.15, 0.2) is 0 Å². The molecule has 1 aromatic carbocycles. The highest BCUT2D eigenvalue weighted by molar-refractivity contribution is 5.54. The fraction of sp³-hybridized carbons (Fsp3) is 0.389. The molecule has 0 fully saturated rings. The Balaban J connectivity index is 1.91. The number of imidazole rings is 1. The Morgan fingerprint density at radius 3 is 2.48 bits per heavy atom. The molecular formula is C18H22N4O. The smallest absolute Gasteiger partial charge is 0.249 e. The normalized spacial score (nSPS) is 13.3. The van der Waals surface area contributed by atoms with E-state index in [4.69, 9.17) is 4.52 Å². The van der Waals surface area contributed by atoms with Gasteiger partial charge in [0.1, 0.15) is 11.9 Å². The van der Waals surface area contributed by atoms with E-state index in [1.54, 1.807) is 0 Å². The summed E-state index contributed by atoms with van der Waals surface area (Å²) >= 11 is 0. The van der Waals surface area contributed by atoms with Crippen molar-refractivity contribution in [3.05, 3.63) is 53.9 Å². The van der Waals surface area contributed by atoms with E-state index in [9.17, 15) is 0 Å². The van der Waals surface area contributed by atoms with Gasteiger partial charge in [0.25, 0.3) is 0 Å². The summed E-state index contributed by atoms with van der Waals surface area (Å²) in [7, 11) is 0. The van der Waals surface area contributed by atoms with Crippen LogP contribution in [0.5, 0.6) is 0 Å². The Morgan fingerprint density at radius 2 is 1.83 bits per heavy atom. The monoisotopic (exact) mass is 310 g/mol. The summed E-state index contributed by atoms with van der Waals surface area (Å²) < 4.78 is 7.58. The Labute approximate surface area is 136 Å². The van der Waals surface area contributed by atoms with Crippen LogP contribution in [0, 0.1) is 6.92 Å². The lowest BCUT2D eigenvalue weighted by Crippen LogP contribution is -2.21. The molecule has 0 aliphatic rings. The van der Waals surface area contributed by atoms with Gasteiger partial charge < -0.3 is 9.09 Å². The zero-order valence-corrected chi connectivity index (χ0v) is 14.2. The average molecular weight is 310 g/mol. The second-order valence-electron chi connectivity index (χ2n) is 6.91. The number of hydrogen-bond donors (Lipinski definition) is 0. The second-order valence-corrected chi connectivity index (χ2v) is 6.91. The predicted octanol–water partition coefficient (Wildman–Crippen LogP) is 4.15. The highest BCUT2D eigenvalue weighted by atomic mass is 16.5. The second kappa shape index (κ2) is 5.65. The molecule has 0 radical (unpaired) electrons. The first kappa shape index (κ1) is 15.5. The summed E-state index contributed by atoms with van der Waals surface area (Å²) in [4.78, 5) is 9.04. The van der Waals surface area contributed by atoms with E-state index in [0.717, 1.165) is 11.4 Å². The SMILES string of the molecule is Cc1ccc(-c2noc([C@@H](C)n3ccnc3C(C)(C)C)n2)cc1. The first-order valence-corrected chi connectivity index (χ1v) is 7.80. The standard InChI is InChI=1S/C18H22N4O/c1-12-6-8-14(9-7-12)15-20-16(23-21-15)13(2)22-11-10-19-17(22)18(3,4)5/h6-11,13H,1-5H3/t13-/m1/s1. The van der Waals surface area contributed by atoms with Crippen LogP contribution in [0.15, 0.2) is 41.2 Å². The van der Waals surface area contributed by atoms with Crippen molar-refractivity contribution in [2.45, 2.75) is 46.1 Å². The van der Waals surface area contributed by atoms with Crippen LogP contribution in [-0.2, 0) is 5.41 Å². The molecule has 0 bridgehead atoms. The molecule has 0 spiro atoms. The number of nitrogens with zero attached hydrogens (tertiary/aromatic N) is 4. The van der Waals surface area contributed by atoms with Crippen molar-refractivity contribution in [1.29, 1.82) is 0 Å². The predicted molar refractivity (Wildman–Crippen MR) is 89.2 cm³/mol. The lowest BCUT2D eigenvalue weighted by molar-refractivity contribution is 0.337. The molecule has 2 aromatic heterocycles. The molecule has 2 heterocycles. The minimum absolute atomic E-state index is 0.0441. The molecule has 0 aliphatic heterocycles. The first-order chi connectivity index (χ1) is 10.9. The van der Waals surface area contributed by atoms with E-state index in [2.05, 4.69) is 47.4 Å². The largest absolute Gasteiger partial charge is 0.337 e. The van der Waals surface area contributed by atoms with Gasteiger partial charge in [-0.05, 0) is 13.8 Å². The van der Waals surface area contributed by atoms with E-state index in [0.29, 0.717) is 11.7 Å². The third-order valence-corrected chi connectivity index (χ3v) is 3.87. The molecule has 5 heteroatoms. The van der Waals surface area contributed by atoms with Crippen LogP contribution in [0.25, 0.3) is 11.4 Å². The molecule has 5 nitrogen and oxygen atoms in total. The zero-order valence-electron chi connectivity index (χ0n) is 14.2. The van der Waals surface area contributed by atoms with Crippen LogP contribution < -0.4 is 0 Å². The third kappa shape index (κ3) is 3.04. The minimum Gasteiger partial charge on any atom is -0.337 e. The molecule has 0 saturated heterocycles. The van der Waals surface area contributed by atoms with Crippen LogP contribution >= 0.6 is 0 Å². The first-order valence-electron chi connectivity index (χ1n) is 7.80. The molecule has 0 aliphatic carbocycles. The Hall–Kier alpha value is -2.43. The number of aromatic nitrogens is 4. The molecule has 0 N–H and O–H groups in total. The molecular weight excluding hydrogens is 288 g/mol. The van der Waals surface area contributed by atoms with Gasteiger partial charge in [-0.15, -0.1) is 0 Å². The van der Waals surface area contributed by atoms with E-state index < -0.39 is 0 Å². The number of benzene rings is 1.